The van der Waals surface area contributed by atoms with Gasteiger partial charge in [-0.05, 0) is 48.8 Å². The van der Waals surface area contributed by atoms with E-state index in [1.54, 1.807) is 11.3 Å². The van der Waals surface area contributed by atoms with Crippen LogP contribution in [0.4, 0.5) is 0 Å². The average Bonchev–Trinajstić information content (AvgIpc) is 3.06. The SMILES string of the molecule is Cc1cccc(/C=C(/C(=O)N2CCC[C@H](C)C2)c2cccs2)c1. The Hall–Kier alpha value is -1.87. The Morgan fingerprint density at radius 3 is 2.87 bits per heavy atom. The summed E-state index contributed by atoms with van der Waals surface area (Å²) in [6, 6.07) is 12.4. The fourth-order valence-corrected chi connectivity index (χ4v) is 3.87. The van der Waals surface area contributed by atoms with Crippen molar-refractivity contribution in [2.24, 2.45) is 5.92 Å². The number of nitrogens with zero attached hydrogens (tertiary/aromatic N) is 1. The first-order valence-corrected chi connectivity index (χ1v) is 9.13. The van der Waals surface area contributed by atoms with Crippen LogP contribution < -0.4 is 0 Å². The van der Waals surface area contributed by atoms with Crippen molar-refractivity contribution in [3.63, 3.8) is 0 Å². The summed E-state index contributed by atoms with van der Waals surface area (Å²) in [4.78, 5) is 16.2. The molecule has 2 heterocycles. The van der Waals surface area contributed by atoms with E-state index < -0.39 is 0 Å². The second kappa shape index (κ2) is 7.14. The summed E-state index contributed by atoms with van der Waals surface area (Å²) in [5, 5.41) is 2.03. The molecule has 3 heteroatoms. The third-order valence-electron chi connectivity index (χ3n) is 4.31. The molecule has 0 bridgehead atoms. The van der Waals surface area contributed by atoms with Crippen LogP contribution in [0, 0.1) is 12.8 Å². The number of thiophene rings is 1. The van der Waals surface area contributed by atoms with Gasteiger partial charge in [0, 0.05) is 18.0 Å². The van der Waals surface area contributed by atoms with Crippen molar-refractivity contribution in [2.75, 3.05) is 13.1 Å². The number of amides is 1. The number of carbonyl (C=O) groups excluding carboxylic acids is 1. The molecule has 0 radical (unpaired) electrons. The topological polar surface area (TPSA) is 20.3 Å². The van der Waals surface area contributed by atoms with E-state index in [0.29, 0.717) is 5.92 Å². The quantitative estimate of drug-likeness (QED) is 0.738. The first kappa shape index (κ1) is 16.0. The smallest absolute Gasteiger partial charge is 0.255 e. The highest BCUT2D eigenvalue weighted by molar-refractivity contribution is 7.11. The summed E-state index contributed by atoms with van der Waals surface area (Å²) in [5.41, 5.74) is 3.12. The number of piperidine rings is 1. The van der Waals surface area contributed by atoms with Crippen LogP contribution >= 0.6 is 11.3 Å². The van der Waals surface area contributed by atoms with Gasteiger partial charge in [0.25, 0.3) is 5.91 Å². The summed E-state index contributed by atoms with van der Waals surface area (Å²) in [6.07, 6.45) is 4.37. The number of hydrogen-bond donors (Lipinski definition) is 0. The molecule has 1 aliphatic heterocycles. The van der Waals surface area contributed by atoms with Crippen molar-refractivity contribution in [3.8, 4) is 0 Å². The zero-order chi connectivity index (χ0) is 16.2. The Labute approximate surface area is 142 Å². The standard InChI is InChI=1S/C20H23NOS/c1-15-6-3-8-17(12-15)13-18(19-9-5-11-23-19)20(22)21-10-4-7-16(2)14-21/h3,5-6,8-9,11-13,16H,4,7,10,14H2,1-2H3/b18-13+/t16-/m0/s1. The van der Waals surface area contributed by atoms with Gasteiger partial charge in [-0.2, -0.15) is 0 Å². The highest BCUT2D eigenvalue weighted by Gasteiger charge is 2.24. The predicted octanol–water partition coefficient (Wildman–Crippen LogP) is 4.86. The molecule has 0 spiro atoms. The first-order chi connectivity index (χ1) is 11.1. The minimum absolute atomic E-state index is 0.167. The third kappa shape index (κ3) is 3.91. The normalized spacial score (nSPS) is 19.0. The third-order valence-corrected chi connectivity index (χ3v) is 5.22. The van der Waals surface area contributed by atoms with Crippen LogP contribution in [0.3, 0.4) is 0 Å². The maximum absolute atomic E-state index is 13.1. The molecular weight excluding hydrogens is 302 g/mol. The second-order valence-electron chi connectivity index (χ2n) is 6.45. The Balaban J connectivity index is 1.94. The van der Waals surface area contributed by atoms with Crippen LogP contribution in [0.25, 0.3) is 11.6 Å². The van der Waals surface area contributed by atoms with Crippen LogP contribution in [0.15, 0.2) is 41.8 Å². The van der Waals surface area contributed by atoms with Crippen molar-refractivity contribution >= 4 is 28.9 Å². The number of benzene rings is 1. The van der Waals surface area contributed by atoms with Gasteiger partial charge in [0.2, 0.25) is 0 Å². The molecule has 0 aliphatic carbocycles. The monoisotopic (exact) mass is 325 g/mol. The molecule has 3 rings (SSSR count). The Kier molecular flexibility index (Phi) is 4.97. The highest BCUT2D eigenvalue weighted by atomic mass is 32.1. The summed E-state index contributed by atoms with van der Waals surface area (Å²) in [6.45, 7) is 6.06. The number of carbonyl (C=O) groups is 1. The van der Waals surface area contributed by atoms with Crippen molar-refractivity contribution in [3.05, 3.63) is 57.8 Å². The van der Waals surface area contributed by atoms with Gasteiger partial charge in [-0.3, -0.25) is 4.79 Å². The van der Waals surface area contributed by atoms with Crippen molar-refractivity contribution in [1.82, 2.24) is 4.90 Å². The molecule has 120 valence electrons. The molecule has 0 unspecified atom stereocenters. The van der Waals surface area contributed by atoms with Crippen LogP contribution in [0.1, 0.15) is 35.8 Å². The minimum Gasteiger partial charge on any atom is -0.338 e. The van der Waals surface area contributed by atoms with Gasteiger partial charge in [-0.25, -0.2) is 0 Å². The molecule has 1 amide bonds. The summed E-state index contributed by atoms with van der Waals surface area (Å²) < 4.78 is 0. The molecule has 1 aliphatic rings. The molecule has 2 nitrogen and oxygen atoms in total. The second-order valence-corrected chi connectivity index (χ2v) is 7.40. The zero-order valence-electron chi connectivity index (χ0n) is 13.8. The molecule has 1 saturated heterocycles. The minimum atomic E-state index is 0.167. The molecule has 0 N–H and O–H groups in total. The van der Waals surface area contributed by atoms with E-state index in [4.69, 9.17) is 0 Å². The van der Waals surface area contributed by atoms with Gasteiger partial charge in [0.05, 0.1) is 5.57 Å². The van der Waals surface area contributed by atoms with E-state index in [2.05, 4.69) is 32.0 Å². The van der Waals surface area contributed by atoms with Gasteiger partial charge >= 0.3 is 0 Å². The van der Waals surface area contributed by atoms with Crippen molar-refractivity contribution < 1.29 is 4.79 Å². The van der Waals surface area contributed by atoms with Crippen molar-refractivity contribution in [1.29, 1.82) is 0 Å². The maximum Gasteiger partial charge on any atom is 0.255 e. The van der Waals surface area contributed by atoms with Crippen molar-refractivity contribution in [2.45, 2.75) is 26.7 Å². The van der Waals surface area contributed by atoms with Gasteiger partial charge in [-0.1, -0.05) is 42.8 Å². The predicted molar refractivity (Wildman–Crippen MR) is 98.3 cm³/mol. The van der Waals surface area contributed by atoms with Gasteiger partial charge in [-0.15, -0.1) is 11.3 Å². The molecule has 23 heavy (non-hydrogen) atoms. The maximum atomic E-state index is 13.1. The molecule has 1 aromatic heterocycles. The lowest BCUT2D eigenvalue weighted by Gasteiger charge is -2.31. The molecule has 0 saturated carbocycles. The fourth-order valence-electron chi connectivity index (χ4n) is 3.14. The molecule has 2 aromatic rings. The van der Waals surface area contributed by atoms with Crippen LogP contribution in [0.5, 0.6) is 0 Å². The van der Waals surface area contributed by atoms with Crippen LogP contribution in [0.2, 0.25) is 0 Å². The van der Waals surface area contributed by atoms with Crippen LogP contribution in [-0.4, -0.2) is 23.9 Å². The van der Waals surface area contributed by atoms with Gasteiger partial charge in [0.15, 0.2) is 0 Å². The van der Waals surface area contributed by atoms with E-state index in [1.807, 2.05) is 34.6 Å². The van der Waals surface area contributed by atoms with Gasteiger partial charge < -0.3 is 4.90 Å². The lowest BCUT2D eigenvalue weighted by Crippen LogP contribution is -2.39. The summed E-state index contributed by atoms with van der Waals surface area (Å²) in [5.74, 6) is 0.761. The Bertz CT molecular complexity index is 702. The molecule has 1 aromatic carbocycles. The van der Waals surface area contributed by atoms with Gasteiger partial charge in [0.1, 0.15) is 0 Å². The lowest BCUT2D eigenvalue weighted by atomic mass is 9.98. The van der Waals surface area contributed by atoms with E-state index >= 15 is 0 Å². The summed E-state index contributed by atoms with van der Waals surface area (Å²) >= 11 is 1.63. The van der Waals surface area contributed by atoms with E-state index in [9.17, 15) is 4.79 Å². The highest BCUT2D eigenvalue weighted by Crippen LogP contribution is 2.27. The van der Waals surface area contributed by atoms with Crippen LogP contribution in [-0.2, 0) is 4.79 Å². The lowest BCUT2D eigenvalue weighted by molar-refractivity contribution is -0.126. The zero-order valence-corrected chi connectivity index (χ0v) is 14.6. The van der Waals surface area contributed by atoms with E-state index in [-0.39, 0.29) is 5.91 Å². The number of likely N-dealkylation sites (tertiary alicyclic amines) is 1. The molecule has 1 atom stereocenters. The number of aryl methyl sites for hydroxylation is 1. The fraction of sp³-hybridized carbons (Fsp3) is 0.350. The molecular formula is C20H23NOS. The first-order valence-electron chi connectivity index (χ1n) is 8.25. The number of rotatable bonds is 3. The molecule has 1 fully saturated rings. The van der Waals surface area contributed by atoms with E-state index in [1.165, 1.54) is 12.0 Å². The Morgan fingerprint density at radius 1 is 1.30 bits per heavy atom. The number of hydrogen-bond acceptors (Lipinski definition) is 2. The average molecular weight is 325 g/mol. The summed E-state index contributed by atoms with van der Waals surface area (Å²) in [7, 11) is 0. The van der Waals surface area contributed by atoms with E-state index in [0.717, 1.165) is 35.5 Å². The largest absolute Gasteiger partial charge is 0.338 e. The Morgan fingerprint density at radius 2 is 2.17 bits per heavy atom.